The van der Waals surface area contributed by atoms with Crippen LogP contribution in [0.5, 0.6) is 0 Å². The van der Waals surface area contributed by atoms with E-state index in [1.54, 1.807) is 0 Å². The van der Waals surface area contributed by atoms with Crippen LogP contribution >= 0.6 is 0 Å². The highest BCUT2D eigenvalue weighted by Crippen LogP contribution is 2.23. The highest BCUT2D eigenvalue weighted by molar-refractivity contribution is 5.76. The highest BCUT2D eigenvalue weighted by Gasteiger charge is 2.44. The molecule has 0 radical (unpaired) electrons. The number of amides is 1. The minimum atomic E-state index is -1.55. The third-order valence-corrected chi connectivity index (χ3v) is 10.5. The van der Waals surface area contributed by atoms with Gasteiger partial charge in [0.2, 0.25) is 5.91 Å². The maximum absolute atomic E-state index is 12.9. The van der Waals surface area contributed by atoms with Crippen LogP contribution in [0, 0.1) is 0 Å². The summed E-state index contributed by atoms with van der Waals surface area (Å²) in [7, 11) is 0. The van der Waals surface area contributed by atoms with Gasteiger partial charge in [0, 0.05) is 6.42 Å². The number of ether oxygens (including phenoxy) is 2. The van der Waals surface area contributed by atoms with Gasteiger partial charge in [-0.15, -0.1) is 0 Å². The van der Waals surface area contributed by atoms with Crippen molar-refractivity contribution in [2.75, 3.05) is 13.2 Å². The third kappa shape index (κ3) is 23.7. The van der Waals surface area contributed by atoms with Crippen LogP contribution < -0.4 is 5.32 Å². The number of carbonyl (C=O) groups is 1. The first kappa shape index (κ1) is 47.2. The van der Waals surface area contributed by atoms with E-state index < -0.39 is 49.5 Å². The van der Waals surface area contributed by atoms with Gasteiger partial charge in [-0.25, -0.2) is 0 Å². The number of hydrogen-bond acceptors (Lipinski definition) is 8. The Morgan fingerprint density at radius 3 is 1.42 bits per heavy atom. The molecular formula is C41H81NO8. The van der Waals surface area contributed by atoms with Crippen molar-refractivity contribution in [3.05, 3.63) is 0 Å². The molecule has 1 rings (SSSR count). The molecule has 0 aromatic rings. The van der Waals surface area contributed by atoms with Crippen molar-refractivity contribution >= 4 is 5.91 Å². The summed E-state index contributed by atoms with van der Waals surface area (Å²) >= 11 is 0. The molecular weight excluding hydrogens is 634 g/mol. The van der Waals surface area contributed by atoms with E-state index in [1.807, 2.05) is 0 Å². The predicted molar refractivity (Wildman–Crippen MR) is 203 cm³/mol. The molecule has 6 N–H and O–H groups in total. The molecule has 50 heavy (non-hydrogen) atoms. The minimum absolute atomic E-state index is 0.132. The molecule has 0 aromatic heterocycles. The Kier molecular flexibility index (Phi) is 31.0. The molecule has 9 nitrogen and oxygen atoms in total. The summed E-state index contributed by atoms with van der Waals surface area (Å²) in [6.45, 7) is 3.83. The maximum atomic E-state index is 12.9. The molecule has 0 bridgehead atoms. The summed E-state index contributed by atoms with van der Waals surface area (Å²) in [5.74, 6) is -0.143. The van der Waals surface area contributed by atoms with Gasteiger partial charge < -0.3 is 40.3 Å². The second kappa shape index (κ2) is 32.8. The number of nitrogens with one attached hydrogen (secondary N) is 1. The fourth-order valence-corrected chi connectivity index (χ4v) is 6.98. The van der Waals surface area contributed by atoms with Crippen molar-refractivity contribution in [3.8, 4) is 0 Å². The molecule has 1 aliphatic rings. The number of aliphatic hydroxyl groups is 5. The first-order valence-corrected chi connectivity index (χ1v) is 21.2. The first-order valence-electron chi connectivity index (χ1n) is 21.2. The Balaban J connectivity index is 2.37. The zero-order valence-electron chi connectivity index (χ0n) is 32.4. The van der Waals surface area contributed by atoms with E-state index in [0.29, 0.717) is 12.8 Å². The lowest BCUT2D eigenvalue weighted by Crippen LogP contribution is -2.60. The third-order valence-electron chi connectivity index (χ3n) is 10.5. The van der Waals surface area contributed by atoms with Crippen molar-refractivity contribution in [1.29, 1.82) is 0 Å². The largest absolute Gasteiger partial charge is 0.394 e. The molecule has 0 aromatic carbocycles. The van der Waals surface area contributed by atoms with E-state index >= 15 is 0 Å². The molecule has 0 spiro atoms. The Hall–Kier alpha value is -0.810. The van der Waals surface area contributed by atoms with Crippen LogP contribution in [0.15, 0.2) is 0 Å². The van der Waals surface area contributed by atoms with E-state index in [4.69, 9.17) is 9.47 Å². The normalized spacial score (nSPS) is 22.1. The summed E-state index contributed by atoms with van der Waals surface area (Å²) in [6, 6.07) is -0.709. The fraction of sp³-hybridized carbons (Fsp3) is 0.976. The fourth-order valence-electron chi connectivity index (χ4n) is 6.98. The molecule has 0 saturated carbocycles. The van der Waals surface area contributed by atoms with Gasteiger partial charge in [0.1, 0.15) is 24.4 Å². The van der Waals surface area contributed by atoms with Crippen LogP contribution in [-0.2, 0) is 14.3 Å². The summed E-state index contributed by atoms with van der Waals surface area (Å²) in [5, 5.41) is 54.2. The van der Waals surface area contributed by atoms with Gasteiger partial charge in [0.15, 0.2) is 6.29 Å². The average Bonchev–Trinajstić information content (AvgIpc) is 3.11. The van der Waals surface area contributed by atoms with Gasteiger partial charge >= 0.3 is 0 Å². The Morgan fingerprint density at radius 1 is 0.600 bits per heavy atom. The molecule has 298 valence electrons. The van der Waals surface area contributed by atoms with Crippen molar-refractivity contribution in [2.24, 2.45) is 0 Å². The van der Waals surface area contributed by atoms with E-state index in [0.717, 1.165) is 38.5 Å². The molecule has 1 heterocycles. The number of aliphatic hydroxyl groups excluding tert-OH is 5. The zero-order valence-corrected chi connectivity index (χ0v) is 32.4. The number of carbonyl (C=O) groups excluding carboxylic acids is 1. The summed E-state index contributed by atoms with van der Waals surface area (Å²) in [4.78, 5) is 12.9. The summed E-state index contributed by atoms with van der Waals surface area (Å²) in [5.41, 5.74) is 0. The second-order valence-electron chi connectivity index (χ2n) is 15.1. The standard InChI is InChI=1S/C41H81NO8/c1-3-5-7-9-11-13-15-17-19-20-22-24-26-28-30-35(44)34(33-49-41-40(48)39(47)38(46)36(32-43)50-41)42-37(45)31-29-27-25-23-21-18-16-14-12-10-8-6-4-2/h34-36,38-41,43-44,46-48H,3-33H2,1-2H3,(H,42,45)/t34-,35+,36+,38+,39?,40?,41+/m0/s1. The molecule has 1 amide bonds. The van der Waals surface area contributed by atoms with Crippen molar-refractivity contribution in [1.82, 2.24) is 5.32 Å². The van der Waals surface area contributed by atoms with Crippen molar-refractivity contribution in [3.63, 3.8) is 0 Å². The van der Waals surface area contributed by atoms with Crippen molar-refractivity contribution < 1.29 is 39.8 Å². The van der Waals surface area contributed by atoms with Crippen LogP contribution in [0.3, 0.4) is 0 Å². The Bertz CT molecular complexity index is 756. The van der Waals surface area contributed by atoms with Gasteiger partial charge in [0.25, 0.3) is 0 Å². The van der Waals surface area contributed by atoms with E-state index in [2.05, 4.69) is 19.2 Å². The highest BCUT2D eigenvalue weighted by atomic mass is 16.7. The smallest absolute Gasteiger partial charge is 0.220 e. The second-order valence-corrected chi connectivity index (χ2v) is 15.1. The van der Waals surface area contributed by atoms with E-state index in [1.165, 1.54) is 135 Å². The lowest BCUT2D eigenvalue weighted by molar-refractivity contribution is -0.302. The number of unbranched alkanes of at least 4 members (excludes halogenated alkanes) is 25. The first-order chi connectivity index (χ1) is 24.3. The molecule has 0 aliphatic carbocycles. The molecule has 2 unspecified atom stereocenters. The minimum Gasteiger partial charge on any atom is -0.394 e. The average molecular weight is 716 g/mol. The zero-order chi connectivity index (χ0) is 36.7. The lowest BCUT2D eigenvalue weighted by Gasteiger charge is -2.40. The Labute approximate surface area is 306 Å². The Morgan fingerprint density at radius 2 is 1.00 bits per heavy atom. The predicted octanol–water partition coefficient (Wildman–Crippen LogP) is 8.00. The van der Waals surface area contributed by atoms with E-state index in [-0.39, 0.29) is 12.5 Å². The summed E-state index contributed by atoms with van der Waals surface area (Å²) < 4.78 is 11.2. The van der Waals surface area contributed by atoms with E-state index in [9.17, 15) is 30.3 Å². The molecule has 1 fully saturated rings. The van der Waals surface area contributed by atoms with Crippen LogP contribution in [-0.4, -0.2) is 87.5 Å². The van der Waals surface area contributed by atoms with Gasteiger partial charge in [0.05, 0.1) is 25.4 Å². The van der Waals surface area contributed by atoms with Gasteiger partial charge in [-0.3, -0.25) is 4.79 Å². The van der Waals surface area contributed by atoms with Gasteiger partial charge in [-0.1, -0.05) is 181 Å². The van der Waals surface area contributed by atoms with Crippen LogP contribution in [0.2, 0.25) is 0 Å². The molecule has 7 atom stereocenters. The number of rotatable bonds is 35. The maximum Gasteiger partial charge on any atom is 0.220 e. The summed E-state index contributed by atoms with van der Waals surface area (Å²) in [6.07, 6.45) is 26.7. The molecule has 9 heteroatoms. The SMILES string of the molecule is CCCCCCCCCCCCCCCC[C@@H](O)[C@H](CO[C@@H]1O[C@H](CO)[C@@H](O)C(O)C1O)NC(=O)CCCCCCCCCCCCCCC. The lowest BCUT2D eigenvalue weighted by atomic mass is 9.99. The topological polar surface area (TPSA) is 149 Å². The molecule has 1 aliphatic heterocycles. The van der Waals surface area contributed by atoms with Gasteiger partial charge in [-0.2, -0.15) is 0 Å². The van der Waals surface area contributed by atoms with Crippen LogP contribution in [0.4, 0.5) is 0 Å². The van der Waals surface area contributed by atoms with Crippen LogP contribution in [0.25, 0.3) is 0 Å². The molecule has 1 saturated heterocycles. The number of hydrogen-bond donors (Lipinski definition) is 6. The quantitative estimate of drug-likeness (QED) is 0.0362. The monoisotopic (exact) mass is 716 g/mol. The van der Waals surface area contributed by atoms with Gasteiger partial charge in [-0.05, 0) is 12.8 Å². The van der Waals surface area contributed by atoms with Crippen molar-refractivity contribution in [2.45, 2.75) is 243 Å². The van der Waals surface area contributed by atoms with Crippen LogP contribution in [0.1, 0.15) is 200 Å².